The molecule has 0 aromatic heterocycles. The average Bonchev–Trinajstić information content (AvgIpc) is 2.53. The molecule has 0 aliphatic heterocycles. The number of hydrogen-bond acceptors (Lipinski definition) is 2. The smallest absolute Gasteiger partial charge is 0.244 e. The van der Waals surface area contributed by atoms with Crippen molar-refractivity contribution in [1.29, 1.82) is 0 Å². The van der Waals surface area contributed by atoms with Gasteiger partial charge in [-0.3, -0.25) is 4.79 Å². The molecule has 2 aromatic rings. The van der Waals surface area contributed by atoms with Gasteiger partial charge in [-0.05, 0) is 41.3 Å². The quantitative estimate of drug-likeness (QED) is 0.874. The van der Waals surface area contributed by atoms with Crippen LogP contribution in [0.5, 0.6) is 5.75 Å². The summed E-state index contributed by atoms with van der Waals surface area (Å²) >= 11 is 0. The van der Waals surface area contributed by atoms with Crippen molar-refractivity contribution in [2.75, 3.05) is 14.2 Å². The molecule has 2 aromatic carbocycles. The molecule has 108 valence electrons. The number of hydrogen-bond donors (Lipinski definition) is 1. The molecule has 0 aliphatic carbocycles. The van der Waals surface area contributed by atoms with Crippen LogP contribution in [-0.2, 0) is 4.79 Å². The van der Waals surface area contributed by atoms with Gasteiger partial charge in [0, 0.05) is 13.1 Å². The minimum Gasteiger partial charge on any atom is -0.497 e. The standard InChI is InChI=1S/C18H19NO2/c1-13-6-4-5-7-16(13)17(12-18(20)19-2)14-8-10-15(21-3)11-9-14/h4-12H,1-3H3,(H,19,20)/b17-12-. The molecule has 2 rings (SSSR count). The van der Waals surface area contributed by atoms with Crippen LogP contribution in [0.2, 0.25) is 0 Å². The molecule has 3 heteroatoms. The van der Waals surface area contributed by atoms with E-state index in [-0.39, 0.29) is 5.91 Å². The fourth-order valence-corrected chi connectivity index (χ4v) is 2.17. The maximum Gasteiger partial charge on any atom is 0.244 e. The SMILES string of the molecule is CNC(=O)/C=C(/c1ccc(OC)cc1)c1ccccc1C. The Morgan fingerprint density at radius 3 is 2.33 bits per heavy atom. The molecule has 0 spiro atoms. The van der Waals surface area contributed by atoms with Crippen LogP contribution < -0.4 is 10.1 Å². The second-order valence-corrected chi connectivity index (χ2v) is 4.72. The number of nitrogens with one attached hydrogen (secondary N) is 1. The third-order valence-electron chi connectivity index (χ3n) is 3.36. The minimum absolute atomic E-state index is 0.121. The van der Waals surface area contributed by atoms with E-state index in [1.165, 1.54) is 0 Å². The lowest BCUT2D eigenvalue weighted by atomic mass is 9.94. The Labute approximate surface area is 125 Å². The van der Waals surface area contributed by atoms with Crippen molar-refractivity contribution in [1.82, 2.24) is 5.32 Å². The van der Waals surface area contributed by atoms with E-state index in [9.17, 15) is 4.79 Å². The summed E-state index contributed by atoms with van der Waals surface area (Å²) in [5, 5.41) is 2.64. The van der Waals surface area contributed by atoms with Gasteiger partial charge >= 0.3 is 0 Å². The predicted molar refractivity (Wildman–Crippen MR) is 85.3 cm³/mol. The first kappa shape index (κ1) is 14.9. The average molecular weight is 281 g/mol. The third-order valence-corrected chi connectivity index (χ3v) is 3.36. The molecule has 1 amide bonds. The van der Waals surface area contributed by atoms with Gasteiger partial charge in [-0.15, -0.1) is 0 Å². The molecular formula is C18H19NO2. The lowest BCUT2D eigenvalue weighted by Crippen LogP contribution is -2.15. The van der Waals surface area contributed by atoms with Crippen LogP contribution >= 0.6 is 0 Å². The van der Waals surface area contributed by atoms with E-state index in [0.717, 1.165) is 28.0 Å². The van der Waals surface area contributed by atoms with Gasteiger partial charge < -0.3 is 10.1 Å². The highest BCUT2D eigenvalue weighted by Gasteiger charge is 2.09. The number of amides is 1. The number of benzene rings is 2. The highest BCUT2D eigenvalue weighted by Crippen LogP contribution is 2.27. The van der Waals surface area contributed by atoms with Gasteiger partial charge in [0.15, 0.2) is 0 Å². The number of carbonyl (C=O) groups excluding carboxylic acids is 1. The second kappa shape index (κ2) is 6.75. The van der Waals surface area contributed by atoms with Crippen LogP contribution in [-0.4, -0.2) is 20.1 Å². The van der Waals surface area contributed by atoms with E-state index >= 15 is 0 Å². The molecule has 0 radical (unpaired) electrons. The molecular weight excluding hydrogens is 262 g/mol. The largest absolute Gasteiger partial charge is 0.497 e. The Balaban J connectivity index is 2.53. The summed E-state index contributed by atoms with van der Waals surface area (Å²) in [6, 6.07) is 15.7. The van der Waals surface area contributed by atoms with E-state index in [2.05, 4.69) is 5.32 Å². The van der Waals surface area contributed by atoms with Gasteiger partial charge in [-0.25, -0.2) is 0 Å². The molecule has 1 N–H and O–H groups in total. The molecule has 0 fully saturated rings. The molecule has 0 saturated carbocycles. The zero-order chi connectivity index (χ0) is 15.2. The second-order valence-electron chi connectivity index (χ2n) is 4.72. The van der Waals surface area contributed by atoms with Gasteiger partial charge in [0.1, 0.15) is 5.75 Å². The molecule has 3 nitrogen and oxygen atoms in total. The maximum atomic E-state index is 11.8. The molecule has 21 heavy (non-hydrogen) atoms. The highest BCUT2D eigenvalue weighted by atomic mass is 16.5. The summed E-state index contributed by atoms with van der Waals surface area (Å²) in [4.78, 5) is 11.8. The van der Waals surface area contributed by atoms with E-state index in [1.807, 2.05) is 55.5 Å². The first-order valence-corrected chi connectivity index (χ1v) is 6.79. The third kappa shape index (κ3) is 3.51. The molecule has 0 heterocycles. The number of likely N-dealkylation sites (N-methyl/N-ethyl adjacent to an activating group) is 1. The molecule has 0 saturated heterocycles. The Morgan fingerprint density at radius 2 is 1.76 bits per heavy atom. The summed E-state index contributed by atoms with van der Waals surface area (Å²) in [5.41, 5.74) is 4.05. The monoisotopic (exact) mass is 281 g/mol. The fraction of sp³-hybridized carbons (Fsp3) is 0.167. The zero-order valence-corrected chi connectivity index (χ0v) is 12.5. The zero-order valence-electron chi connectivity index (χ0n) is 12.5. The van der Waals surface area contributed by atoms with Crippen molar-refractivity contribution < 1.29 is 9.53 Å². The first-order valence-electron chi connectivity index (χ1n) is 6.79. The van der Waals surface area contributed by atoms with Gasteiger partial charge in [0.05, 0.1) is 7.11 Å². The molecule has 0 aliphatic rings. The van der Waals surface area contributed by atoms with Gasteiger partial charge in [0.2, 0.25) is 5.91 Å². The number of rotatable bonds is 4. The molecule has 0 unspecified atom stereocenters. The van der Waals surface area contributed by atoms with Crippen LogP contribution in [0.25, 0.3) is 5.57 Å². The van der Waals surface area contributed by atoms with Crippen LogP contribution in [0.1, 0.15) is 16.7 Å². The number of carbonyl (C=O) groups is 1. The van der Waals surface area contributed by atoms with Crippen molar-refractivity contribution >= 4 is 11.5 Å². The number of methoxy groups -OCH3 is 1. The van der Waals surface area contributed by atoms with Gasteiger partial charge in [-0.2, -0.15) is 0 Å². The number of ether oxygens (including phenoxy) is 1. The lowest BCUT2D eigenvalue weighted by Gasteiger charge is -2.12. The minimum atomic E-state index is -0.121. The van der Waals surface area contributed by atoms with Crippen LogP contribution in [0, 0.1) is 6.92 Å². The van der Waals surface area contributed by atoms with Gasteiger partial charge in [0.25, 0.3) is 0 Å². The van der Waals surface area contributed by atoms with Crippen molar-refractivity contribution in [2.45, 2.75) is 6.92 Å². The topological polar surface area (TPSA) is 38.3 Å². The Hall–Kier alpha value is -2.55. The lowest BCUT2D eigenvalue weighted by molar-refractivity contribution is -0.116. The van der Waals surface area contributed by atoms with Crippen LogP contribution in [0.3, 0.4) is 0 Å². The summed E-state index contributed by atoms with van der Waals surface area (Å²) in [5.74, 6) is 0.673. The molecule has 0 bridgehead atoms. The van der Waals surface area contributed by atoms with Crippen LogP contribution in [0.4, 0.5) is 0 Å². The predicted octanol–water partition coefficient (Wildman–Crippen LogP) is 3.18. The maximum absolute atomic E-state index is 11.8. The van der Waals surface area contributed by atoms with E-state index in [0.29, 0.717) is 0 Å². The van der Waals surface area contributed by atoms with Crippen molar-refractivity contribution in [3.63, 3.8) is 0 Å². The first-order chi connectivity index (χ1) is 10.2. The van der Waals surface area contributed by atoms with Crippen molar-refractivity contribution in [2.24, 2.45) is 0 Å². The summed E-state index contributed by atoms with van der Waals surface area (Å²) < 4.78 is 5.18. The molecule has 0 atom stereocenters. The van der Waals surface area contributed by atoms with E-state index in [4.69, 9.17) is 4.74 Å². The normalized spacial score (nSPS) is 11.1. The summed E-state index contributed by atoms with van der Waals surface area (Å²) in [6.45, 7) is 2.04. The van der Waals surface area contributed by atoms with E-state index < -0.39 is 0 Å². The highest BCUT2D eigenvalue weighted by molar-refractivity contribution is 5.99. The Bertz CT molecular complexity index is 657. The fourth-order valence-electron chi connectivity index (χ4n) is 2.17. The summed E-state index contributed by atoms with van der Waals surface area (Å²) in [6.07, 6.45) is 1.63. The Morgan fingerprint density at radius 1 is 1.10 bits per heavy atom. The van der Waals surface area contributed by atoms with Crippen LogP contribution in [0.15, 0.2) is 54.6 Å². The van der Waals surface area contributed by atoms with Crippen molar-refractivity contribution in [3.8, 4) is 5.75 Å². The Kier molecular flexibility index (Phi) is 4.77. The van der Waals surface area contributed by atoms with Gasteiger partial charge in [-0.1, -0.05) is 36.4 Å². The summed E-state index contributed by atoms with van der Waals surface area (Å²) in [7, 11) is 3.26. The van der Waals surface area contributed by atoms with E-state index in [1.54, 1.807) is 20.2 Å². The number of aryl methyl sites for hydroxylation is 1. The van der Waals surface area contributed by atoms with Crippen molar-refractivity contribution in [3.05, 3.63) is 71.3 Å².